The van der Waals surface area contributed by atoms with E-state index < -0.39 is 14.8 Å². The van der Waals surface area contributed by atoms with Crippen LogP contribution < -0.4 is 0 Å². The molecule has 0 saturated heterocycles. The van der Waals surface area contributed by atoms with Crippen LogP contribution in [0.15, 0.2) is 50.8 Å². The molecule has 2 heterocycles. The summed E-state index contributed by atoms with van der Waals surface area (Å²) in [4.78, 5) is 4.23. The molecule has 3 rings (SSSR count). The van der Waals surface area contributed by atoms with Crippen LogP contribution in [0.3, 0.4) is 0 Å². The number of pyridine rings is 1. The summed E-state index contributed by atoms with van der Waals surface area (Å²) < 4.78 is 28.7. The molecular weight excluding hydrogens is 479 g/mol. The van der Waals surface area contributed by atoms with E-state index in [0.29, 0.717) is 5.65 Å². The van der Waals surface area contributed by atoms with Crippen molar-refractivity contribution in [2.75, 3.05) is 0 Å². The second-order valence-corrected chi connectivity index (χ2v) is 9.88. The predicted octanol–water partition coefficient (Wildman–Crippen LogP) is 4.22. The van der Waals surface area contributed by atoms with Gasteiger partial charge in [0.1, 0.15) is 4.75 Å². The van der Waals surface area contributed by atoms with Gasteiger partial charge in [-0.25, -0.2) is 17.4 Å². The lowest BCUT2D eigenvalue weighted by molar-refractivity contribution is 0.505. The predicted molar refractivity (Wildman–Crippen MR) is 101 cm³/mol. The lowest BCUT2D eigenvalue weighted by Crippen LogP contribution is -2.44. The van der Waals surface area contributed by atoms with Gasteiger partial charge in [-0.3, -0.25) is 0 Å². The molecule has 0 aromatic carbocycles. The molecule has 2 aromatic heterocycles. The summed E-state index contributed by atoms with van der Waals surface area (Å²) in [7, 11) is -3.66. The second kappa shape index (κ2) is 5.45. The van der Waals surface area contributed by atoms with Crippen molar-refractivity contribution in [3.63, 3.8) is 0 Å². The summed E-state index contributed by atoms with van der Waals surface area (Å²) in [5, 5.41) is 0.812. The maximum atomic E-state index is 13.3. The molecule has 0 radical (unpaired) electrons. The van der Waals surface area contributed by atoms with Crippen LogP contribution in [-0.2, 0) is 10.0 Å². The first-order valence-electron chi connectivity index (χ1n) is 6.70. The summed E-state index contributed by atoms with van der Waals surface area (Å²) in [5.41, 5.74) is 0.463. The third-order valence-electron chi connectivity index (χ3n) is 4.20. The Morgan fingerprint density at radius 2 is 2.14 bits per heavy atom. The standard InChI is InChI=1S/C15H14BrIN2O2S/c1-10-13(17)8-12(16)9-15(10,2)22(20,21)19-7-5-11-4-3-6-18-14(11)19/h3-10H,1-2H3. The minimum atomic E-state index is -3.66. The maximum absolute atomic E-state index is 13.3. The summed E-state index contributed by atoms with van der Waals surface area (Å²) in [6.07, 6.45) is 6.91. The zero-order chi connectivity index (χ0) is 16.1. The van der Waals surface area contributed by atoms with Crippen LogP contribution in [0.25, 0.3) is 11.0 Å². The molecule has 0 bridgehead atoms. The highest BCUT2D eigenvalue weighted by atomic mass is 127. The van der Waals surface area contributed by atoms with E-state index in [4.69, 9.17) is 0 Å². The molecule has 2 unspecified atom stereocenters. The molecule has 7 heteroatoms. The smallest absolute Gasteiger partial charge is 0.237 e. The third-order valence-corrected chi connectivity index (χ3v) is 8.30. The molecule has 2 aromatic rings. The van der Waals surface area contributed by atoms with Crippen LogP contribution in [0.2, 0.25) is 0 Å². The Bertz CT molecular complexity index is 917. The third kappa shape index (κ3) is 2.28. The van der Waals surface area contributed by atoms with Crippen LogP contribution >= 0.6 is 38.5 Å². The van der Waals surface area contributed by atoms with E-state index in [1.54, 1.807) is 37.5 Å². The summed E-state index contributed by atoms with van der Waals surface area (Å²) >= 11 is 5.63. The van der Waals surface area contributed by atoms with Crippen LogP contribution in [0.4, 0.5) is 0 Å². The SMILES string of the molecule is CC1C(I)=CC(Br)=CC1(C)S(=O)(=O)n1ccc2cccnc21. The number of fused-ring (bicyclic) bond motifs is 1. The van der Waals surface area contributed by atoms with E-state index in [9.17, 15) is 8.42 Å². The Morgan fingerprint density at radius 3 is 2.86 bits per heavy atom. The molecule has 1 aliphatic carbocycles. The van der Waals surface area contributed by atoms with E-state index >= 15 is 0 Å². The van der Waals surface area contributed by atoms with Gasteiger partial charge in [0.15, 0.2) is 5.65 Å². The quantitative estimate of drug-likeness (QED) is 0.590. The van der Waals surface area contributed by atoms with Gasteiger partial charge in [-0.15, -0.1) is 0 Å². The fraction of sp³-hybridized carbons (Fsp3) is 0.267. The Morgan fingerprint density at radius 1 is 1.41 bits per heavy atom. The molecule has 0 amide bonds. The van der Waals surface area contributed by atoms with Gasteiger partial charge in [0, 0.05) is 28.2 Å². The summed E-state index contributed by atoms with van der Waals surface area (Å²) in [6, 6.07) is 5.43. The monoisotopic (exact) mass is 492 g/mol. The topological polar surface area (TPSA) is 52.0 Å². The molecule has 4 nitrogen and oxygen atoms in total. The first kappa shape index (κ1) is 16.2. The molecule has 2 atom stereocenters. The van der Waals surface area contributed by atoms with Gasteiger partial charge >= 0.3 is 0 Å². The number of halogens is 2. The van der Waals surface area contributed by atoms with Crippen LogP contribution in [0, 0.1) is 5.92 Å². The second-order valence-electron chi connectivity index (χ2n) is 5.50. The number of rotatable bonds is 2. The number of hydrogen-bond acceptors (Lipinski definition) is 3. The fourth-order valence-electron chi connectivity index (χ4n) is 2.62. The van der Waals surface area contributed by atoms with E-state index in [1.807, 2.05) is 19.1 Å². The van der Waals surface area contributed by atoms with E-state index in [-0.39, 0.29) is 5.92 Å². The van der Waals surface area contributed by atoms with E-state index in [1.165, 1.54) is 3.97 Å². The van der Waals surface area contributed by atoms with Crippen LogP contribution in [0.5, 0.6) is 0 Å². The van der Waals surface area contributed by atoms with Gasteiger partial charge in [-0.1, -0.05) is 22.9 Å². The van der Waals surface area contributed by atoms with Crippen molar-refractivity contribution in [3.8, 4) is 0 Å². The van der Waals surface area contributed by atoms with Crippen molar-refractivity contribution in [1.82, 2.24) is 8.96 Å². The number of hydrogen-bond donors (Lipinski definition) is 0. The molecule has 0 fully saturated rings. The first-order chi connectivity index (χ1) is 10.3. The van der Waals surface area contributed by atoms with Gasteiger partial charge in [0.2, 0.25) is 10.0 Å². The molecule has 0 N–H and O–H groups in total. The minimum Gasteiger partial charge on any atom is -0.237 e. The molecule has 0 aliphatic heterocycles. The Balaban J connectivity index is 2.24. The Labute approximate surface area is 151 Å². The molecular formula is C15H14BrIN2O2S. The lowest BCUT2D eigenvalue weighted by atomic mass is 9.91. The van der Waals surface area contributed by atoms with Crippen molar-refractivity contribution >= 4 is 59.6 Å². The molecule has 0 spiro atoms. The maximum Gasteiger partial charge on any atom is 0.249 e. The molecule has 22 heavy (non-hydrogen) atoms. The average Bonchev–Trinajstić information content (AvgIpc) is 2.89. The lowest BCUT2D eigenvalue weighted by Gasteiger charge is -2.35. The van der Waals surface area contributed by atoms with Gasteiger partial charge in [0.05, 0.1) is 0 Å². The fourth-order valence-corrected chi connectivity index (χ4v) is 6.99. The first-order valence-corrected chi connectivity index (χ1v) is 10.0. The number of allylic oxidation sites excluding steroid dienone is 3. The van der Waals surface area contributed by atoms with E-state index in [0.717, 1.165) is 13.4 Å². The number of aromatic nitrogens is 2. The van der Waals surface area contributed by atoms with Gasteiger partial charge in [0.25, 0.3) is 0 Å². The largest absolute Gasteiger partial charge is 0.249 e. The Kier molecular flexibility index (Phi) is 4.01. The molecule has 116 valence electrons. The Hall–Kier alpha value is -0.670. The van der Waals surface area contributed by atoms with E-state index in [2.05, 4.69) is 43.5 Å². The average molecular weight is 493 g/mol. The molecule has 0 saturated carbocycles. The minimum absolute atomic E-state index is 0.138. The highest BCUT2D eigenvalue weighted by Crippen LogP contribution is 2.43. The molecule has 1 aliphatic rings. The van der Waals surface area contributed by atoms with Gasteiger partial charge in [-0.2, -0.15) is 0 Å². The van der Waals surface area contributed by atoms with Crippen molar-refractivity contribution < 1.29 is 8.42 Å². The highest BCUT2D eigenvalue weighted by Gasteiger charge is 2.46. The van der Waals surface area contributed by atoms with Crippen molar-refractivity contribution in [2.24, 2.45) is 5.92 Å². The van der Waals surface area contributed by atoms with Crippen molar-refractivity contribution in [1.29, 1.82) is 0 Å². The normalized spacial score (nSPS) is 25.9. The van der Waals surface area contributed by atoms with Crippen LogP contribution in [0.1, 0.15) is 13.8 Å². The number of nitrogens with zero attached hydrogens (tertiary/aromatic N) is 2. The summed E-state index contributed by atoms with van der Waals surface area (Å²) in [5.74, 6) is -0.138. The van der Waals surface area contributed by atoms with Gasteiger partial charge in [-0.05, 0) is 63.4 Å². The summed E-state index contributed by atoms with van der Waals surface area (Å²) in [6.45, 7) is 3.69. The van der Waals surface area contributed by atoms with Crippen molar-refractivity contribution in [3.05, 3.63) is 50.8 Å². The van der Waals surface area contributed by atoms with Crippen LogP contribution in [-0.4, -0.2) is 22.1 Å². The highest BCUT2D eigenvalue weighted by molar-refractivity contribution is 14.1. The zero-order valence-corrected chi connectivity index (χ0v) is 16.6. The zero-order valence-electron chi connectivity index (χ0n) is 12.0. The van der Waals surface area contributed by atoms with Crippen molar-refractivity contribution in [2.45, 2.75) is 18.6 Å². The van der Waals surface area contributed by atoms with Gasteiger partial charge < -0.3 is 0 Å².